The van der Waals surface area contributed by atoms with Crippen molar-refractivity contribution in [3.63, 3.8) is 0 Å². The first-order valence-corrected chi connectivity index (χ1v) is 7.64. The molecule has 2 aromatic heterocycles. The number of carbonyl (C=O) groups excluding carboxylic acids is 1. The highest BCUT2D eigenvalue weighted by molar-refractivity contribution is 7.16. The van der Waals surface area contributed by atoms with Crippen LogP contribution in [0.25, 0.3) is 4.96 Å². The highest BCUT2D eigenvalue weighted by Crippen LogP contribution is 2.17. The normalized spacial score (nSPS) is 10.9. The first kappa shape index (κ1) is 14.5. The number of nitrogens with one attached hydrogen (secondary N) is 1. The summed E-state index contributed by atoms with van der Waals surface area (Å²) in [6, 6.07) is 5.73. The summed E-state index contributed by atoms with van der Waals surface area (Å²) in [4.78, 5) is 30.5. The fourth-order valence-electron chi connectivity index (χ4n) is 2.29. The Labute approximate surface area is 131 Å². The summed E-state index contributed by atoms with van der Waals surface area (Å²) >= 11 is 1.41. The summed E-state index contributed by atoms with van der Waals surface area (Å²) < 4.78 is 1.41. The number of anilines is 1. The number of benzene rings is 1. The van der Waals surface area contributed by atoms with Crippen molar-refractivity contribution in [2.75, 3.05) is 5.32 Å². The molecule has 0 aliphatic heterocycles. The van der Waals surface area contributed by atoms with E-state index in [1.165, 1.54) is 21.9 Å². The van der Waals surface area contributed by atoms with E-state index < -0.39 is 5.91 Å². The largest absolute Gasteiger partial charge is 0.322 e. The molecule has 0 radical (unpaired) electrons. The predicted molar refractivity (Wildman–Crippen MR) is 87.9 cm³/mol. The fraction of sp³-hybridized carbons (Fsp3) is 0.188. The van der Waals surface area contributed by atoms with Crippen molar-refractivity contribution in [2.45, 2.75) is 20.8 Å². The van der Waals surface area contributed by atoms with Crippen molar-refractivity contribution in [3.05, 3.63) is 62.5 Å². The van der Waals surface area contributed by atoms with Crippen LogP contribution in [-0.4, -0.2) is 15.3 Å². The molecule has 112 valence electrons. The van der Waals surface area contributed by atoms with Gasteiger partial charge in [-0.25, -0.2) is 4.98 Å². The molecule has 0 fully saturated rings. The maximum atomic E-state index is 12.4. The van der Waals surface area contributed by atoms with Crippen molar-refractivity contribution >= 4 is 27.9 Å². The predicted octanol–water partition coefficient (Wildman–Crippen LogP) is 2.93. The first-order chi connectivity index (χ1) is 10.5. The van der Waals surface area contributed by atoms with Crippen LogP contribution in [0.1, 0.15) is 26.4 Å². The Morgan fingerprint density at radius 2 is 2.05 bits per heavy atom. The van der Waals surface area contributed by atoms with Crippen LogP contribution in [-0.2, 0) is 0 Å². The van der Waals surface area contributed by atoms with Gasteiger partial charge in [-0.3, -0.25) is 14.0 Å². The van der Waals surface area contributed by atoms with Crippen LogP contribution >= 0.6 is 11.3 Å². The Morgan fingerprint density at radius 1 is 1.27 bits per heavy atom. The van der Waals surface area contributed by atoms with Gasteiger partial charge in [0.25, 0.3) is 11.5 Å². The van der Waals surface area contributed by atoms with Gasteiger partial charge in [-0.2, -0.15) is 0 Å². The summed E-state index contributed by atoms with van der Waals surface area (Å²) in [5.74, 6) is -0.442. The highest BCUT2D eigenvalue weighted by Gasteiger charge is 2.15. The molecule has 6 heteroatoms. The Kier molecular flexibility index (Phi) is 3.54. The number of carbonyl (C=O) groups is 1. The minimum absolute atomic E-state index is 0.0373. The van der Waals surface area contributed by atoms with Gasteiger partial charge in [0, 0.05) is 23.0 Å². The van der Waals surface area contributed by atoms with Crippen LogP contribution in [0.5, 0.6) is 0 Å². The van der Waals surface area contributed by atoms with E-state index >= 15 is 0 Å². The van der Waals surface area contributed by atoms with E-state index in [1.807, 2.05) is 39.0 Å². The smallest absolute Gasteiger partial charge is 0.271 e. The van der Waals surface area contributed by atoms with Gasteiger partial charge < -0.3 is 5.32 Å². The molecule has 0 bridgehead atoms. The molecule has 22 heavy (non-hydrogen) atoms. The zero-order valence-corrected chi connectivity index (χ0v) is 13.3. The second kappa shape index (κ2) is 5.38. The van der Waals surface area contributed by atoms with Crippen molar-refractivity contribution < 1.29 is 4.79 Å². The second-order valence-corrected chi connectivity index (χ2v) is 6.46. The molecular formula is C16H15N3O2S. The molecule has 0 unspecified atom stereocenters. The van der Waals surface area contributed by atoms with Crippen molar-refractivity contribution in [2.24, 2.45) is 0 Å². The lowest BCUT2D eigenvalue weighted by molar-refractivity contribution is 0.102. The van der Waals surface area contributed by atoms with Gasteiger partial charge in [-0.05, 0) is 32.4 Å². The summed E-state index contributed by atoms with van der Waals surface area (Å²) in [6.07, 6.45) is 3.04. The second-order valence-electron chi connectivity index (χ2n) is 5.24. The number of fused-ring (bicyclic) bond motifs is 1. The maximum Gasteiger partial charge on any atom is 0.271 e. The van der Waals surface area contributed by atoms with Crippen LogP contribution in [0, 0.1) is 20.8 Å². The average molecular weight is 313 g/mol. The van der Waals surface area contributed by atoms with Crippen LogP contribution < -0.4 is 10.9 Å². The zero-order chi connectivity index (χ0) is 15.9. The monoisotopic (exact) mass is 313 g/mol. The summed E-state index contributed by atoms with van der Waals surface area (Å²) in [7, 11) is 0. The van der Waals surface area contributed by atoms with Crippen LogP contribution in [0.2, 0.25) is 0 Å². The molecule has 0 saturated carbocycles. The molecule has 0 aliphatic rings. The summed E-state index contributed by atoms with van der Waals surface area (Å²) in [5, 5.41) is 2.78. The molecule has 0 spiro atoms. The van der Waals surface area contributed by atoms with Gasteiger partial charge in [0.1, 0.15) is 5.56 Å². The lowest BCUT2D eigenvalue weighted by atomic mass is 10.1. The van der Waals surface area contributed by atoms with Crippen LogP contribution in [0.3, 0.4) is 0 Å². The Balaban J connectivity index is 1.98. The topological polar surface area (TPSA) is 63.5 Å². The van der Waals surface area contributed by atoms with Gasteiger partial charge in [0.05, 0.1) is 0 Å². The molecule has 1 N–H and O–H groups in total. The quantitative estimate of drug-likeness (QED) is 0.791. The summed E-state index contributed by atoms with van der Waals surface area (Å²) in [5.41, 5.74) is 2.45. The van der Waals surface area contributed by atoms with Crippen molar-refractivity contribution in [3.8, 4) is 0 Å². The maximum absolute atomic E-state index is 12.4. The van der Waals surface area contributed by atoms with Crippen molar-refractivity contribution in [1.29, 1.82) is 0 Å². The number of amides is 1. The van der Waals surface area contributed by atoms with E-state index in [0.717, 1.165) is 16.0 Å². The molecule has 3 aromatic rings. The molecule has 2 heterocycles. The number of hydrogen-bond acceptors (Lipinski definition) is 4. The van der Waals surface area contributed by atoms with Crippen LogP contribution in [0.15, 0.2) is 35.4 Å². The minimum atomic E-state index is -0.442. The summed E-state index contributed by atoms with van der Waals surface area (Å²) in [6.45, 7) is 5.80. The van der Waals surface area contributed by atoms with Gasteiger partial charge in [-0.1, -0.05) is 17.7 Å². The fourth-order valence-corrected chi connectivity index (χ4v) is 3.08. The van der Waals surface area contributed by atoms with Gasteiger partial charge in [0.15, 0.2) is 4.96 Å². The zero-order valence-electron chi connectivity index (χ0n) is 12.5. The number of nitrogens with zero attached hydrogens (tertiary/aromatic N) is 2. The third kappa shape index (κ3) is 2.53. The number of aromatic nitrogens is 2. The molecule has 1 amide bonds. The van der Waals surface area contributed by atoms with E-state index in [-0.39, 0.29) is 11.1 Å². The molecule has 0 saturated heterocycles. The lowest BCUT2D eigenvalue weighted by Gasteiger charge is -2.08. The van der Waals surface area contributed by atoms with E-state index in [0.29, 0.717) is 10.6 Å². The number of aryl methyl sites for hydroxylation is 3. The highest BCUT2D eigenvalue weighted by atomic mass is 32.1. The molecule has 1 aromatic carbocycles. The van der Waals surface area contributed by atoms with E-state index in [2.05, 4.69) is 10.3 Å². The Bertz CT molecular complexity index is 940. The van der Waals surface area contributed by atoms with E-state index in [1.54, 1.807) is 6.20 Å². The average Bonchev–Trinajstić information content (AvgIpc) is 2.84. The third-order valence-corrected chi connectivity index (χ3v) is 4.31. The Hall–Kier alpha value is -2.47. The first-order valence-electron chi connectivity index (χ1n) is 6.82. The number of thiazole rings is 1. The molecule has 3 rings (SSSR count). The van der Waals surface area contributed by atoms with E-state index in [9.17, 15) is 9.59 Å². The van der Waals surface area contributed by atoms with Gasteiger partial charge >= 0.3 is 0 Å². The van der Waals surface area contributed by atoms with Crippen LogP contribution in [0.4, 0.5) is 5.69 Å². The lowest BCUT2D eigenvalue weighted by Crippen LogP contribution is -2.26. The SMILES string of the molecule is Cc1ccc(NC(=O)c2cnc3sc(C)cn3c2=O)c(C)c1. The minimum Gasteiger partial charge on any atom is -0.322 e. The van der Waals surface area contributed by atoms with Crippen molar-refractivity contribution in [1.82, 2.24) is 9.38 Å². The molecule has 5 nitrogen and oxygen atoms in total. The Morgan fingerprint density at radius 3 is 2.77 bits per heavy atom. The standard InChI is InChI=1S/C16H15N3O2S/c1-9-4-5-13(10(2)6-9)18-14(20)12-7-17-16-19(15(12)21)8-11(3)22-16/h4-8H,1-3H3,(H,18,20). The molecular weight excluding hydrogens is 298 g/mol. The number of rotatable bonds is 2. The van der Waals surface area contributed by atoms with E-state index in [4.69, 9.17) is 0 Å². The number of hydrogen-bond donors (Lipinski definition) is 1. The van der Waals surface area contributed by atoms with Gasteiger partial charge in [0.2, 0.25) is 0 Å². The molecule has 0 atom stereocenters. The van der Waals surface area contributed by atoms with Gasteiger partial charge in [-0.15, -0.1) is 11.3 Å². The molecule has 0 aliphatic carbocycles. The third-order valence-electron chi connectivity index (χ3n) is 3.40.